The Morgan fingerprint density at radius 2 is 2.14 bits per heavy atom. The lowest BCUT2D eigenvalue weighted by Crippen LogP contribution is -2.27. The van der Waals surface area contributed by atoms with Crippen LogP contribution in [0.4, 0.5) is 4.39 Å². The van der Waals surface area contributed by atoms with Crippen molar-refractivity contribution in [2.45, 2.75) is 18.0 Å². The maximum atomic E-state index is 13.7. The summed E-state index contributed by atoms with van der Waals surface area (Å²) < 4.78 is 46.9. The minimum Gasteiger partial charge on any atom is -0.494 e. The number of hydrogen-bond donors (Lipinski definition) is 1. The summed E-state index contributed by atoms with van der Waals surface area (Å²) in [5.41, 5.74) is 0.453. The van der Waals surface area contributed by atoms with Gasteiger partial charge in [-0.25, -0.2) is 22.5 Å². The van der Waals surface area contributed by atoms with Gasteiger partial charge in [0, 0.05) is 13.1 Å². The predicted octanol–water partition coefficient (Wildman–Crippen LogP) is 2.26. The number of benzene rings is 1. The fraction of sp³-hybridized carbons (Fsp3) is 0.308. The minimum atomic E-state index is -3.91. The van der Waals surface area contributed by atoms with Gasteiger partial charge in [-0.05, 0) is 24.6 Å². The van der Waals surface area contributed by atoms with E-state index in [0.29, 0.717) is 5.56 Å². The van der Waals surface area contributed by atoms with Crippen molar-refractivity contribution in [3.05, 3.63) is 41.1 Å². The number of sulfonamides is 1. The van der Waals surface area contributed by atoms with Crippen LogP contribution in [0.3, 0.4) is 0 Å². The Morgan fingerprint density at radius 3 is 2.64 bits per heavy atom. The number of halogens is 2. The summed E-state index contributed by atoms with van der Waals surface area (Å²) in [5.74, 6) is -0.478. The highest BCUT2D eigenvalue weighted by Gasteiger charge is 2.25. The molecule has 120 valence electrons. The molecular weight excluding hydrogens is 333 g/mol. The Balaban J connectivity index is 2.26. The van der Waals surface area contributed by atoms with Gasteiger partial charge in [-0.3, -0.25) is 0 Å². The zero-order valence-corrected chi connectivity index (χ0v) is 13.7. The number of nitrogens with one attached hydrogen (secondary N) is 1. The first-order chi connectivity index (χ1) is 10.3. The third-order valence-electron chi connectivity index (χ3n) is 3.10. The standard InChI is InChI=1S/C13H15ClFN3O3S/c1-8(9-4-5-11(21-3)10(15)6-9)17-22(19,20)13-12(14)18(2)7-16-13/h4-8,17H,1-3H3/t8-/m0/s1. The van der Waals surface area contributed by atoms with Gasteiger partial charge in [0.2, 0.25) is 5.03 Å². The second-order valence-corrected chi connectivity index (χ2v) is 6.68. The molecule has 2 aromatic rings. The van der Waals surface area contributed by atoms with E-state index in [4.69, 9.17) is 16.3 Å². The normalized spacial score (nSPS) is 13.1. The van der Waals surface area contributed by atoms with E-state index in [9.17, 15) is 12.8 Å². The summed E-state index contributed by atoms with van der Waals surface area (Å²) in [6.07, 6.45) is 1.30. The Hall–Kier alpha value is -1.64. The molecule has 0 bridgehead atoms. The Kier molecular flexibility index (Phi) is 4.74. The lowest BCUT2D eigenvalue weighted by atomic mass is 10.1. The van der Waals surface area contributed by atoms with Gasteiger partial charge in [-0.1, -0.05) is 17.7 Å². The van der Waals surface area contributed by atoms with Crippen molar-refractivity contribution in [2.24, 2.45) is 7.05 Å². The number of aromatic nitrogens is 2. The molecule has 1 N–H and O–H groups in total. The molecule has 0 fully saturated rings. The second-order valence-electron chi connectivity index (χ2n) is 4.69. The zero-order valence-electron chi connectivity index (χ0n) is 12.2. The molecule has 0 amide bonds. The largest absolute Gasteiger partial charge is 0.494 e. The van der Waals surface area contributed by atoms with Crippen molar-refractivity contribution in [1.29, 1.82) is 0 Å². The van der Waals surface area contributed by atoms with Crippen LogP contribution >= 0.6 is 11.6 Å². The fourth-order valence-corrected chi connectivity index (χ4v) is 3.54. The predicted molar refractivity (Wildman–Crippen MR) is 79.9 cm³/mol. The summed E-state index contributed by atoms with van der Waals surface area (Å²) in [4.78, 5) is 3.77. The molecule has 0 saturated carbocycles. The van der Waals surface area contributed by atoms with Crippen molar-refractivity contribution < 1.29 is 17.5 Å². The van der Waals surface area contributed by atoms with Gasteiger partial charge in [-0.15, -0.1) is 0 Å². The van der Waals surface area contributed by atoms with Crippen LogP contribution in [0.2, 0.25) is 5.15 Å². The molecule has 1 atom stereocenters. The van der Waals surface area contributed by atoms with Crippen LogP contribution in [0.15, 0.2) is 29.6 Å². The number of nitrogens with zero attached hydrogens (tertiary/aromatic N) is 2. The third-order valence-corrected chi connectivity index (χ3v) is 5.13. The van der Waals surface area contributed by atoms with Crippen LogP contribution in [0, 0.1) is 5.82 Å². The van der Waals surface area contributed by atoms with Gasteiger partial charge >= 0.3 is 0 Å². The van der Waals surface area contributed by atoms with Gasteiger partial charge in [-0.2, -0.15) is 0 Å². The SMILES string of the molecule is COc1ccc([C@H](C)NS(=O)(=O)c2ncn(C)c2Cl)cc1F. The number of methoxy groups -OCH3 is 1. The van der Waals surface area contributed by atoms with Crippen LogP contribution in [-0.4, -0.2) is 25.1 Å². The van der Waals surface area contributed by atoms with Crippen molar-refractivity contribution in [1.82, 2.24) is 14.3 Å². The van der Waals surface area contributed by atoms with Gasteiger partial charge in [0.25, 0.3) is 10.0 Å². The van der Waals surface area contributed by atoms with E-state index in [-0.39, 0.29) is 15.9 Å². The third kappa shape index (κ3) is 3.23. The van der Waals surface area contributed by atoms with Crippen LogP contribution in [0.5, 0.6) is 5.75 Å². The van der Waals surface area contributed by atoms with Crippen molar-refractivity contribution >= 4 is 21.6 Å². The molecule has 0 unspecified atom stereocenters. The number of imidazole rings is 1. The molecule has 0 aliphatic heterocycles. The van der Waals surface area contributed by atoms with Crippen molar-refractivity contribution in [3.8, 4) is 5.75 Å². The lowest BCUT2D eigenvalue weighted by molar-refractivity contribution is 0.386. The monoisotopic (exact) mass is 347 g/mol. The Labute approximate surface area is 132 Å². The van der Waals surface area contributed by atoms with E-state index in [1.165, 1.54) is 30.1 Å². The van der Waals surface area contributed by atoms with Crippen molar-refractivity contribution in [3.63, 3.8) is 0 Å². The molecule has 1 heterocycles. The van der Waals surface area contributed by atoms with Gasteiger partial charge in [0.1, 0.15) is 5.15 Å². The summed E-state index contributed by atoms with van der Waals surface area (Å²) >= 11 is 5.89. The topological polar surface area (TPSA) is 73.2 Å². The van der Waals surface area contributed by atoms with Gasteiger partial charge in [0.05, 0.1) is 13.4 Å². The maximum absolute atomic E-state index is 13.7. The molecule has 2 rings (SSSR count). The van der Waals surface area contributed by atoms with Gasteiger partial charge in [0.15, 0.2) is 11.6 Å². The molecule has 0 aliphatic carbocycles. The maximum Gasteiger partial charge on any atom is 0.261 e. The molecule has 0 radical (unpaired) electrons. The Morgan fingerprint density at radius 1 is 1.45 bits per heavy atom. The van der Waals surface area contributed by atoms with Crippen LogP contribution < -0.4 is 9.46 Å². The van der Waals surface area contributed by atoms with Crippen LogP contribution in [0.1, 0.15) is 18.5 Å². The fourth-order valence-electron chi connectivity index (χ4n) is 1.88. The summed E-state index contributed by atoms with van der Waals surface area (Å²) in [6, 6.07) is 3.56. The molecule has 9 heteroatoms. The van der Waals surface area contributed by atoms with E-state index in [0.717, 1.165) is 0 Å². The van der Waals surface area contributed by atoms with E-state index >= 15 is 0 Å². The molecular formula is C13H15ClFN3O3S. The quantitative estimate of drug-likeness (QED) is 0.900. The van der Waals surface area contributed by atoms with E-state index in [1.54, 1.807) is 20.0 Å². The minimum absolute atomic E-state index is 0.000566. The average Bonchev–Trinajstić information content (AvgIpc) is 2.79. The second kappa shape index (κ2) is 6.23. The highest BCUT2D eigenvalue weighted by atomic mass is 35.5. The molecule has 0 saturated heterocycles. The summed E-state index contributed by atoms with van der Waals surface area (Å²) in [5, 5.41) is -0.266. The number of aryl methyl sites for hydroxylation is 1. The van der Waals surface area contributed by atoms with E-state index < -0.39 is 21.9 Å². The molecule has 6 nitrogen and oxygen atoms in total. The first kappa shape index (κ1) is 16.7. The number of rotatable bonds is 5. The van der Waals surface area contributed by atoms with E-state index in [1.807, 2.05) is 0 Å². The van der Waals surface area contributed by atoms with Crippen molar-refractivity contribution in [2.75, 3.05) is 7.11 Å². The molecule has 1 aromatic carbocycles. The first-order valence-corrected chi connectivity index (χ1v) is 8.15. The first-order valence-electron chi connectivity index (χ1n) is 6.29. The van der Waals surface area contributed by atoms with Crippen LogP contribution in [0.25, 0.3) is 0 Å². The molecule has 0 spiro atoms. The summed E-state index contributed by atoms with van der Waals surface area (Å²) in [7, 11) is -0.979. The molecule has 22 heavy (non-hydrogen) atoms. The smallest absolute Gasteiger partial charge is 0.261 e. The highest BCUT2D eigenvalue weighted by Crippen LogP contribution is 2.24. The zero-order chi connectivity index (χ0) is 16.5. The lowest BCUT2D eigenvalue weighted by Gasteiger charge is -2.14. The molecule has 0 aliphatic rings. The average molecular weight is 348 g/mol. The number of ether oxygens (including phenoxy) is 1. The number of hydrogen-bond acceptors (Lipinski definition) is 4. The molecule has 1 aromatic heterocycles. The summed E-state index contributed by atoms with van der Waals surface area (Å²) in [6.45, 7) is 1.59. The van der Waals surface area contributed by atoms with Crippen LogP contribution in [-0.2, 0) is 17.1 Å². The van der Waals surface area contributed by atoms with E-state index in [2.05, 4.69) is 9.71 Å². The highest BCUT2D eigenvalue weighted by molar-refractivity contribution is 7.89. The van der Waals surface area contributed by atoms with Gasteiger partial charge < -0.3 is 9.30 Å². The Bertz CT molecular complexity index is 792.